The highest BCUT2D eigenvalue weighted by molar-refractivity contribution is 8.00. The number of carbonyl (C=O) groups is 1. The minimum absolute atomic E-state index is 0.112. The summed E-state index contributed by atoms with van der Waals surface area (Å²) in [6.45, 7) is 3.76. The minimum Gasteiger partial charge on any atom is -0.325 e. The van der Waals surface area contributed by atoms with Gasteiger partial charge >= 0.3 is 0 Å². The summed E-state index contributed by atoms with van der Waals surface area (Å²) in [5, 5.41) is 12.2. The van der Waals surface area contributed by atoms with Gasteiger partial charge in [0.1, 0.15) is 11.1 Å². The monoisotopic (exact) mass is 399 g/mol. The van der Waals surface area contributed by atoms with Gasteiger partial charge in [-0.15, -0.1) is 10.2 Å². The van der Waals surface area contributed by atoms with Crippen molar-refractivity contribution < 1.29 is 4.79 Å². The molecular weight excluding hydrogens is 382 g/mol. The predicted octanol–water partition coefficient (Wildman–Crippen LogP) is 3.95. The molecule has 0 unspecified atom stereocenters. The maximum Gasteiger partial charge on any atom is 0.240 e. The smallest absolute Gasteiger partial charge is 0.240 e. The predicted molar refractivity (Wildman–Crippen MR) is 108 cm³/mol. The number of amides is 1. The number of halogens is 1. The first kappa shape index (κ1) is 17.9. The van der Waals surface area contributed by atoms with Crippen LogP contribution in [0.4, 0.5) is 5.69 Å². The van der Waals surface area contributed by atoms with Crippen LogP contribution in [0.3, 0.4) is 0 Å². The molecule has 8 heteroatoms. The average molecular weight is 400 g/mol. The SMILES string of the molecule is Cc1c(Cl)cccc1NC(=O)[C@@H]1Sc2nnc(C)n2N[C@H]1c1ccccc1. The number of aromatic nitrogens is 3. The molecule has 0 spiro atoms. The van der Waals surface area contributed by atoms with Crippen LogP contribution in [0.25, 0.3) is 0 Å². The summed E-state index contributed by atoms with van der Waals surface area (Å²) in [6.07, 6.45) is 0. The third kappa shape index (κ3) is 3.40. The largest absolute Gasteiger partial charge is 0.325 e. The molecule has 2 heterocycles. The molecule has 1 aliphatic heterocycles. The van der Waals surface area contributed by atoms with Crippen LogP contribution in [0.1, 0.15) is 23.0 Å². The van der Waals surface area contributed by atoms with Crippen LogP contribution in [0, 0.1) is 13.8 Å². The molecule has 2 aromatic carbocycles. The number of fused-ring (bicyclic) bond motifs is 1. The van der Waals surface area contributed by atoms with Gasteiger partial charge in [-0.1, -0.05) is 59.8 Å². The molecule has 0 aliphatic carbocycles. The Bertz CT molecular complexity index is 991. The third-order valence-corrected chi connectivity index (χ3v) is 6.17. The number of aryl methyl sites for hydroxylation is 1. The zero-order valence-electron chi connectivity index (χ0n) is 14.8. The van der Waals surface area contributed by atoms with Crippen LogP contribution in [-0.2, 0) is 4.79 Å². The van der Waals surface area contributed by atoms with Crippen LogP contribution >= 0.6 is 23.4 Å². The van der Waals surface area contributed by atoms with Gasteiger partial charge in [0.25, 0.3) is 0 Å². The molecule has 6 nitrogen and oxygen atoms in total. The van der Waals surface area contributed by atoms with Crippen molar-refractivity contribution in [3.8, 4) is 0 Å². The first-order valence-corrected chi connectivity index (χ1v) is 9.76. The highest BCUT2D eigenvalue weighted by Gasteiger charge is 2.37. The van der Waals surface area contributed by atoms with Crippen molar-refractivity contribution in [1.29, 1.82) is 0 Å². The fourth-order valence-corrected chi connectivity index (χ4v) is 4.32. The van der Waals surface area contributed by atoms with Crippen molar-refractivity contribution in [2.24, 2.45) is 0 Å². The molecule has 3 aromatic rings. The Hall–Kier alpha value is -2.51. The van der Waals surface area contributed by atoms with Crippen molar-refractivity contribution in [3.63, 3.8) is 0 Å². The van der Waals surface area contributed by atoms with Crippen molar-refractivity contribution in [3.05, 3.63) is 70.5 Å². The average Bonchev–Trinajstić information content (AvgIpc) is 3.05. The molecule has 138 valence electrons. The molecule has 27 heavy (non-hydrogen) atoms. The molecule has 0 bridgehead atoms. The summed E-state index contributed by atoms with van der Waals surface area (Å²) in [7, 11) is 0. The van der Waals surface area contributed by atoms with E-state index in [1.165, 1.54) is 11.8 Å². The Morgan fingerprint density at radius 3 is 2.70 bits per heavy atom. The standard InChI is InChI=1S/C19H18ClN5OS/c1-11-14(20)9-6-10-15(11)21-18(26)17-16(13-7-4-3-5-8-13)24-25-12(2)22-23-19(25)27-17/h3-10,16-17,24H,1-2H3,(H,21,26)/t16-,17+/m0/s1. The lowest BCUT2D eigenvalue weighted by molar-refractivity contribution is -0.116. The number of anilines is 1. The molecule has 0 saturated carbocycles. The summed E-state index contributed by atoms with van der Waals surface area (Å²) in [4.78, 5) is 13.2. The summed E-state index contributed by atoms with van der Waals surface area (Å²) in [5.74, 6) is 0.640. The molecule has 0 fully saturated rings. The van der Waals surface area contributed by atoms with E-state index in [1.54, 1.807) is 0 Å². The molecule has 2 N–H and O–H groups in total. The molecular formula is C19H18ClN5OS. The highest BCUT2D eigenvalue weighted by Crippen LogP contribution is 2.37. The lowest BCUT2D eigenvalue weighted by atomic mass is 10.0. The number of hydrogen-bond donors (Lipinski definition) is 2. The number of nitrogens with zero attached hydrogens (tertiary/aromatic N) is 3. The second-order valence-corrected chi connectivity index (χ2v) is 7.84. The topological polar surface area (TPSA) is 71.8 Å². The van der Waals surface area contributed by atoms with E-state index in [-0.39, 0.29) is 11.9 Å². The van der Waals surface area contributed by atoms with E-state index in [9.17, 15) is 4.79 Å². The van der Waals surface area contributed by atoms with Crippen molar-refractivity contribution >= 4 is 35.0 Å². The molecule has 0 saturated heterocycles. The van der Waals surface area contributed by atoms with E-state index in [1.807, 2.05) is 67.1 Å². The zero-order valence-corrected chi connectivity index (χ0v) is 16.4. The maximum atomic E-state index is 13.2. The number of hydrogen-bond acceptors (Lipinski definition) is 5. The van der Waals surface area contributed by atoms with Crippen LogP contribution < -0.4 is 10.7 Å². The summed E-state index contributed by atoms with van der Waals surface area (Å²) < 4.78 is 1.83. The molecule has 1 amide bonds. The zero-order chi connectivity index (χ0) is 19.0. The van der Waals surface area contributed by atoms with Gasteiger partial charge in [-0.2, -0.15) is 0 Å². The van der Waals surface area contributed by atoms with Gasteiger partial charge in [-0.05, 0) is 37.1 Å². The van der Waals surface area contributed by atoms with Crippen molar-refractivity contribution in [1.82, 2.24) is 14.9 Å². The van der Waals surface area contributed by atoms with Crippen LogP contribution in [0.5, 0.6) is 0 Å². The summed E-state index contributed by atoms with van der Waals surface area (Å²) in [5.41, 5.74) is 5.96. The molecule has 2 atom stereocenters. The Balaban J connectivity index is 1.67. The Morgan fingerprint density at radius 1 is 1.15 bits per heavy atom. The minimum atomic E-state index is -0.415. The van der Waals surface area contributed by atoms with Gasteiger partial charge in [0.2, 0.25) is 11.1 Å². The number of nitrogens with one attached hydrogen (secondary N) is 2. The lowest BCUT2D eigenvalue weighted by Gasteiger charge is -2.32. The van der Waals surface area contributed by atoms with Crippen LogP contribution in [0.2, 0.25) is 5.02 Å². The van der Waals surface area contributed by atoms with E-state index in [4.69, 9.17) is 11.6 Å². The van der Waals surface area contributed by atoms with Gasteiger partial charge in [0.15, 0.2) is 0 Å². The first-order chi connectivity index (χ1) is 13.0. The van der Waals surface area contributed by atoms with Gasteiger partial charge in [0, 0.05) is 10.7 Å². The number of rotatable bonds is 3. The first-order valence-electron chi connectivity index (χ1n) is 8.51. The Labute approximate surface area is 166 Å². The Morgan fingerprint density at radius 2 is 1.93 bits per heavy atom. The molecule has 1 aliphatic rings. The van der Waals surface area contributed by atoms with E-state index in [0.717, 1.165) is 17.0 Å². The molecule has 0 radical (unpaired) electrons. The number of thioether (sulfide) groups is 1. The quantitative estimate of drug-likeness (QED) is 0.697. The highest BCUT2D eigenvalue weighted by atomic mass is 35.5. The molecule has 4 rings (SSSR count). The van der Waals surface area contributed by atoms with Gasteiger partial charge < -0.3 is 10.7 Å². The molecule has 1 aromatic heterocycles. The van der Waals surface area contributed by atoms with E-state index >= 15 is 0 Å². The lowest BCUT2D eigenvalue weighted by Crippen LogP contribution is -2.41. The fraction of sp³-hybridized carbons (Fsp3) is 0.211. The van der Waals surface area contributed by atoms with Crippen molar-refractivity contribution in [2.45, 2.75) is 30.3 Å². The number of benzene rings is 2. The summed E-state index contributed by atoms with van der Waals surface area (Å²) in [6, 6.07) is 15.2. The van der Waals surface area contributed by atoms with E-state index in [0.29, 0.717) is 15.9 Å². The second-order valence-electron chi connectivity index (χ2n) is 6.32. The second kappa shape index (κ2) is 7.25. The third-order valence-electron chi connectivity index (χ3n) is 4.54. The van der Waals surface area contributed by atoms with Crippen molar-refractivity contribution in [2.75, 3.05) is 10.7 Å². The van der Waals surface area contributed by atoms with Gasteiger partial charge in [-0.25, -0.2) is 4.68 Å². The number of carbonyl (C=O) groups excluding carboxylic acids is 1. The van der Waals surface area contributed by atoms with Crippen LogP contribution in [0.15, 0.2) is 53.7 Å². The maximum absolute atomic E-state index is 13.2. The van der Waals surface area contributed by atoms with Crippen LogP contribution in [-0.4, -0.2) is 26.0 Å². The Kier molecular flexibility index (Phi) is 4.80. The van der Waals surface area contributed by atoms with Gasteiger partial charge in [-0.3, -0.25) is 4.79 Å². The fourth-order valence-electron chi connectivity index (χ4n) is 3.02. The van der Waals surface area contributed by atoms with E-state index < -0.39 is 5.25 Å². The van der Waals surface area contributed by atoms with E-state index in [2.05, 4.69) is 20.9 Å². The van der Waals surface area contributed by atoms with Gasteiger partial charge in [0.05, 0.1) is 6.04 Å². The summed E-state index contributed by atoms with van der Waals surface area (Å²) >= 11 is 7.59. The normalized spacial score (nSPS) is 18.5.